The molecule has 0 saturated carbocycles. The van der Waals surface area contributed by atoms with Gasteiger partial charge in [0.25, 0.3) is 13.9 Å². The van der Waals surface area contributed by atoms with Gasteiger partial charge in [0.2, 0.25) is 0 Å². The van der Waals surface area contributed by atoms with E-state index in [2.05, 4.69) is 4.98 Å². The lowest BCUT2D eigenvalue weighted by molar-refractivity contribution is -0.169. The Kier molecular flexibility index (Phi) is 13.5. The molecule has 1 fully saturated rings. The topological polar surface area (TPSA) is 135 Å². The lowest BCUT2D eigenvalue weighted by Crippen LogP contribution is -2.68. The van der Waals surface area contributed by atoms with Gasteiger partial charge in [0, 0.05) is 25.0 Å². The first-order valence-electron chi connectivity index (χ1n) is 17.4. The standard InChI is InChI=1S/C36H49F3N2O9SSi/c1-7-9-21-46-24-35(25-48-52(34(4,5)6,27-17-13-11-14-18-27)28-19-15-12-16-20-28)30(47-22-10-8-2)29(50-51(44,45)36(37,38)39)32(49-35)41-23-26(3)31(42)40-33(41)43/h11-20,23,29-30,32H,7-10,21-22,24-25H2,1-6H3,(H,40,42,43)/t29-,30?,32-,35+/m1/s1. The van der Waals surface area contributed by atoms with Crippen molar-refractivity contribution in [3.8, 4) is 0 Å². The first kappa shape index (κ1) is 41.6. The van der Waals surface area contributed by atoms with Gasteiger partial charge in [-0.1, -0.05) is 108 Å². The molecule has 0 amide bonds. The van der Waals surface area contributed by atoms with Gasteiger partial charge < -0.3 is 18.6 Å². The Bertz CT molecular complexity index is 1790. The van der Waals surface area contributed by atoms with E-state index in [1.807, 2.05) is 95.3 Å². The first-order chi connectivity index (χ1) is 24.4. The highest BCUT2D eigenvalue weighted by Gasteiger charge is 2.63. The number of hydrogen-bond donors (Lipinski definition) is 1. The van der Waals surface area contributed by atoms with E-state index < -0.39 is 64.3 Å². The fraction of sp³-hybridized carbons (Fsp3) is 0.556. The molecule has 0 radical (unpaired) electrons. The van der Waals surface area contributed by atoms with Gasteiger partial charge in [-0.3, -0.25) is 18.5 Å². The number of nitrogens with zero attached hydrogens (tertiary/aromatic N) is 1. The molecule has 1 aromatic heterocycles. The molecule has 11 nitrogen and oxygen atoms in total. The second-order valence-corrected chi connectivity index (χ2v) is 19.9. The Morgan fingerprint density at radius 2 is 1.46 bits per heavy atom. The average molecular weight is 771 g/mol. The Morgan fingerprint density at radius 1 is 0.904 bits per heavy atom. The van der Waals surface area contributed by atoms with Crippen LogP contribution in [0.15, 0.2) is 76.4 Å². The van der Waals surface area contributed by atoms with Crippen LogP contribution in [-0.4, -0.2) is 76.0 Å². The van der Waals surface area contributed by atoms with Crippen LogP contribution < -0.4 is 21.6 Å². The number of aromatic amines is 1. The summed E-state index contributed by atoms with van der Waals surface area (Å²) in [4.78, 5) is 27.8. The Labute approximate surface area is 303 Å². The van der Waals surface area contributed by atoms with E-state index in [9.17, 15) is 31.2 Å². The highest BCUT2D eigenvalue weighted by Crippen LogP contribution is 2.45. The van der Waals surface area contributed by atoms with Crippen molar-refractivity contribution in [1.29, 1.82) is 0 Å². The third-order valence-corrected chi connectivity index (χ3v) is 15.2. The molecule has 0 spiro atoms. The lowest BCUT2D eigenvalue weighted by Gasteiger charge is -2.45. The van der Waals surface area contributed by atoms with E-state index in [0.29, 0.717) is 19.3 Å². The van der Waals surface area contributed by atoms with Gasteiger partial charge in [-0.25, -0.2) is 4.79 Å². The van der Waals surface area contributed by atoms with E-state index in [1.165, 1.54) is 6.92 Å². The molecule has 1 saturated heterocycles. The maximum absolute atomic E-state index is 14.0. The van der Waals surface area contributed by atoms with Crippen molar-refractivity contribution < 1.29 is 44.4 Å². The van der Waals surface area contributed by atoms with E-state index in [-0.39, 0.29) is 32.0 Å². The molecule has 52 heavy (non-hydrogen) atoms. The smallest absolute Gasteiger partial charge is 0.404 e. The van der Waals surface area contributed by atoms with Gasteiger partial charge in [-0.2, -0.15) is 21.6 Å². The number of aromatic nitrogens is 2. The van der Waals surface area contributed by atoms with Crippen molar-refractivity contribution in [1.82, 2.24) is 9.55 Å². The molecule has 1 aliphatic heterocycles. The minimum atomic E-state index is -6.27. The van der Waals surface area contributed by atoms with Crippen LogP contribution in [-0.2, 0) is 32.9 Å². The fourth-order valence-corrected chi connectivity index (χ4v) is 11.7. The van der Waals surface area contributed by atoms with Gasteiger partial charge in [-0.15, -0.1) is 0 Å². The molecule has 16 heteroatoms. The molecule has 4 atom stereocenters. The van der Waals surface area contributed by atoms with Crippen LogP contribution in [0, 0.1) is 6.92 Å². The van der Waals surface area contributed by atoms with Gasteiger partial charge in [0.05, 0.1) is 13.2 Å². The number of aryl methyl sites for hydroxylation is 1. The van der Waals surface area contributed by atoms with Gasteiger partial charge in [0.1, 0.15) is 11.7 Å². The van der Waals surface area contributed by atoms with Crippen LogP contribution in [0.4, 0.5) is 13.2 Å². The zero-order valence-electron chi connectivity index (χ0n) is 30.4. The van der Waals surface area contributed by atoms with E-state index in [0.717, 1.165) is 27.6 Å². The van der Waals surface area contributed by atoms with Gasteiger partial charge >= 0.3 is 21.3 Å². The molecule has 1 unspecified atom stereocenters. The summed E-state index contributed by atoms with van der Waals surface area (Å²) >= 11 is 0. The summed E-state index contributed by atoms with van der Waals surface area (Å²) in [5.41, 5.74) is -9.41. The molecule has 2 aromatic carbocycles. The minimum absolute atomic E-state index is 0.0152. The maximum atomic E-state index is 14.0. The molecule has 1 aliphatic rings. The lowest BCUT2D eigenvalue weighted by atomic mass is 9.96. The number of alkyl halides is 3. The maximum Gasteiger partial charge on any atom is 0.523 e. The number of ether oxygens (including phenoxy) is 3. The molecule has 3 aromatic rings. The monoisotopic (exact) mass is 770 g/mol. The van der Waals surface area contributed by atoms with Crippen molar-refractivity contribution in [2.75, 3.05) is 26.4 Å². The number of unbranched alkanes of at least 4 members (excludes halogenated alkanes) is 2. The summed E-state index contributed by atoms with van der Waals surface area (Å²) < 4.78 is 99.5. The van der Waals surface area contributed by atoms with Crippen molar-refractivity contribution in [3.05, 3.63) is 93.3 Å². The molecular formula is C36H49F3N2O9SSi. The van der Waals surface area contributed by atoms with E-state index in [4.69, 9.17) is 22.8 Å². The number of benzene rings is 2. The van der Waals surface area contributed by atoms with Crippen LogP contribution in [0.3, 0.4) is 0 Å². The minimum Gasteiger partial charge on any atom is -0.404 e. The highest BCUT2D eigenvalue weighted by atomic mass is 32.2. The largest absolute Gasteiger partial charge is 0.523 e. The van der Waals surface area contributed by atoms with E-state index >= 15 is 0 Å². The summed E-state index contributed by atoms with van der Waals surface area (Å²) in [6.45, 7) is 10.9. The quantitative estimate of drug-likeness (QED) is 0.0879. The van der Waals surface area contributed by atoms with E-state index in [1.54, 1.807) is 0 Å². The summed E-state index contributed by atoms with van der Waals surface area (Å²) in [6.07, 6.45) is -1.87. The molecule has 4 rings (SSSR count). The summed E-state index contributed by atoms with van der Waals surface area (Å²) in [7, 11) is -9.63. The molecular weight excluding hydrogens is 722 g/mol. The molecule has 288 valence electrons. The van der Waals surface area contributed by atoms with Crippen molar-refractivity contribution in [3.63, 3.8) is 0 Å². The molecule has 0 aliphatic carbocycles. The third-order valence-electron chi connectivity index (χ3n) is 9.13. The number of rotatable bonds is 17. The average Bonchev–Trinajstić information content (AvgIpc) is 3.36. The predicted molar refractivity (Wildman–Crippen MR) is 193 cm³/mol. The zero-order valence-corrected chi connectivity index (χ0v) is 32.2. The van der Waals surface area contributed by atoms with Gasteiger partial charge in [-0.05, 0) is 35.2 Å². The highest BCUT2D eigenvalue weighted by molar-refractivity contribution is 7.87. The number of nitrogens with one attached hydrogen (secondary N) is 1. The SMILES string of the molecule is CCCCOC[C@@]1(CO[Si](c2ccccc2)(c2ccccc2)C(C)(C)C)O[C@@H](n2cc(C)c(=O)[nH]c2=O)[C@H](OS(=O)(=O)C(F)(F)F)C1OCCCC. The Balaban J connectivity index is 1.99. The molecule has 1 N–H and O–H groups in total. The van der Waals surface area contributed by atoms with Crippen LogP contribution in [0.25, 0.3) is 0 Å². The van der Waals surface area contributed by atoms with Crippen LogP contribution >= 0.6 is 0 Å². The first-order valence-corrected chi connectivity index (χ1v) is 20.7. The molecule has 0 bridgehead atoms. The van der Waals surface area contributed by atoms with Crippen LogP contribution in [0.2, 0.25) is 5.04 Å². The normalized spacial score (nSPS) is 21.4. The number of hydrogen-bond acceptors (Lipinski definition) is 9. The Morgan fingerprint density at radius 3 is 1.98 bits per heavy atom. The number of halogens is 3. The van der Waals surface area contributed by atoms with Crippen LogP contribution in [0.5, 0.6) is 0 Å². The second kappa shape index (κ2) is 16.9. The molecule has 2 heterocycles. The summed E-state index contributed by atoms with van der Waals surface area (Å²) in [5.74, 6) is 0. The third kappa shape index (κ3) is 8.80. The van der Waals surface area contributed by atoms with Crippen molar-refractivity contribution in [2.24, 2.45) is 0 Å². The summed E-state index contributed by atoms with van der Waals surface area (Å²) in [5, 5.41) is 1.25. The summed E-state index contributed by atoms with van der Waals surface area (Å²) in [6, 6.07) is 19.2. The van der Waals surface area contributed by atoms with Crippen LogP contribution in [0.1, 0.15) is 72.1 Å². The number of H-pyrrole nitrogens is 1. The zero-order chi connectivity index (χ0) is 38.4. The van der Waals surface area contributed by atoms with Gasteiger partial charge in [0.15, 0.2) is 12.3 Å². The predicted octanol–water partition coefficient (Wildman–Crippen LogP) is 4.93. The second-order valence-electron chi connectivity index (χ2n) is 14.0. The van der Waals surface area contributed by atoms with Crippen molar-refractivity contribution in [2.45, 2.75) is 102 Å². The Hall–Kier alpha value is -3.12. The fourth-order valence-electron chi connectivity index (χ4n) is 6.47. The van der Waals surface area contributed by atoms with Crippen molar-refractivity contribution >= 4 is 28.8 Å².